The third-order valence-electron chi connectivity index (χ3n) is 1.73. The lowest BCUT2D eigenvalue weighted by Gasteiger charge is -2.23. The molecule has 2 atom stereocenters. The van der Waals surface area contributed by atoms with Crippen LogP contribution in [0.3, 0.4) is 0 Å². The molecule has 1 N–H and O–H groups in total. The van der Waals surface area contributed by atoms with Crippen molar-refractivity contribution in [1.82, 2.24) is 5.32 Å². The average molecular weight is 159 g/mol. The minimum atomic E-state index is 0.308. The molecule has 0 saturated heterocycles. The second kappa shape index (κ2) is 5.56. The zero-order valence-electron chi connectivity index (χ0n) is 8.35. The fourth-order valence-corrected chi connectivity index (χ4v) is 1.07. The molecule has 0 aromatic carbocycles. The Labute approximate surface area is 70.3 Å². The highest BCUT2D eigenvalue weighted by Crippen LogP contribution is 1.98. The molecule has 0 amide bonds. The van der Waals surface area contributed by atoms with Gasteiger partial charge in [0.15, 0.2) is 0 Å². The van der Waals surface area contributed by atoms with E-state index in [1.165, 1.54) is 0 Å². The average Bonchev–Trinajstić information content (AvgIpc) is 1.86. The van der Waals surface area contributed by atoms with Gasteiger partial charge in [0.05, 0.1) is 6.10 Å². The van der Waals surface area contributed by atoms with Crippen LogP contribution in [0.15, 0.2) is 0 Å². The highest BCUT2D eigenvalue weighted by molar-refractivity contribution is 4.70. The van der Waals surface area contributed by atoms with Crippen LogP contribution in [0.1, 0.15) is 34.6 Å². The van der Waals surface area contributed by atoms with Gasteiger partial charge in [0.25, 0.3) is 0 Å². The summed E-state index contributed by atoms with van der Waals surface area (Å²) in [7, 11) is 0. The van der Waals surface area contributed by atoms with Gasteiger partial charge < -0.3 is 10.1 Å². The van der Waals surface area contributed by atoms with Gasteiger partial charge in [0, 0.05) is 18.7 Å². The van der Waals surface area contributed by atoms with Gasteiger partial charge in [-0.2, -0.15) is 0 Å². The minimum absolute atomic E-state index is 0.308. The maximum absolute atomic E-state index is 5.44. The molecule has 2 heteroatoms. The number of nitrogens with one attached hydrogen (secondary N) is 1. The lowest BCUT2D eigenvalue weighted by molar-refractivity contribution is 0.0501. The second-order valence-corrected chi connectivity index (χ2v) is 3.27. The molecule has 0 bridgehead atoms. The molecular weight excluding hydrogens is 138 g/mol. The quantitative estimate of drug-likeness (QED) is 0.660. The summed E-state index contributed by atoms with van der Waals surface area (Å²) in [5, 5.41) is 3.40. The zero-order chi connectivity index (χ0) is 8.85. The first-order valence-corrected chi connectivity index (χ1v) is 4.45. The Hall–Kier alpha value is -0.0800. The number of hydrogen-bond acceptors (Lipinski definition) is 2. The van der Waals surface area contributed by atoms with Gasteiger partial charge in [0.1, 0.15) is 0 Å². The lowest BCUT2D eigenvalue weighted by atomic mass is 10.2. The van der Waals surface area contributed by atoms with Gasteiger partial charge >= 0.3 is 0 Å². The molecule has 0 saturated carbocycles. The van der Waals surface area contributed by atoms with Crippen molar-refractivity contribution in [3.63, 3.8) is 0 Å². The van der Waals surface area contributed by atoms with Crippen LogP contribution in [0.5, 0.6) is 0 Å². The van der Waals surface area contributed by atoms with Crippen molar-refractivity contribution in [1.29, 1.82) is 0 Å². The van der Waals surface area contributed by atoms with Crippen LogP contribution in [0, 0.1) is 0 Å². The van der Waals surface area contributed by atoms with Crippen LogP contribution in [0.2, 0.25) is 0 Å². The fourth-order valence-electron chi connectivity index (χ4n) is 1.07. The van der Waals surface area contributed by atoms with Gasteiger partial charge in [-0.3, -0.25) is 0 Å². The van der Waals surface area contributed by atoms with Gasteiger partial charge in [-0.1, -0.05) is 13.8 Å². The number of hydrogen-bond donors (Lipinski definition) is 1. The molecule has 0 fully saturated rings. The first-order valence-electron chi connectivity index (χ1n) is 4.45. The number of rotatable bonds is 5. The van der Waals surface area contributed by atoms with E-state index in [2.05, 4.69) is 33.0 Å². The van der Waals surface area contributed by atoms with Crippen LogP contribution in [-0.2, 0) is 4.74 Å². The Bertz CT molecular complexity index is 93.6. The molecule has 0 aromatic heterocycles. The van der Waals surface area contributed by atoms with Crippen LogP contribution >= 0.6 is 0 Å². The van der Waals surface area contributed by atoms with Gasteiger partial charge in [-0.15, -0.1) is 0 Å². The number of ether oxygens (including phenoxy) is 1. The Balaban J connectivity index is 3.54. The van der Waals surface area contributed by atoms with Gasteiger partial charge in [0.2, 0.25) is 0 Å². The molecule has 2 unspecified atom stereocenters. The summed E-state index contributed by atoms with van der Waals surface area (Å²) in [6.45, 7) is 11.4. The zero-order valence-corrected chi connectivity index (χ0v) is 8.35. The normalized spacial score (nSPS) is 16.9. The molecule has 0 aliphatic heterocycles. The first-order chi connectivity index (χ1) is 5.07. The summed E-state index contributed by atoms with van der Waals surface area (Å²) in [5.41, 5.74) is 0. The summed E-state index contributed by atoms with van der Waals surface area (Å²) in [6, 6.07) is 0.975. The van der Waals surface area contributed by atoms with Crippen molar-refractivity contribution in [2.24, 2.45) is 0 Å². The molecule has 0 rings (SSSR count). The van der Waals surface area contributed by atoms with Gasteiger partial charge in [-0.05, 0) is 20.8 Å². The molecule has 68 valence electrons. The van der Waals surface area contributed by atoms with Crippen molar-refractivity contribution < 1.29 is 4.74 Å². The third kappa shape index (κ3) is 5.22. The minimum Gasteiger partial charge on any atom is -0.377 e. The Morgan fingerprint density at radius 3 is 2.09 bits per heavy atom. The van der Waals surface area contributed by atoms with Crippen molar-refractivity contribution in [3.8, 4) is 0 Å². The summed E-state index contributed by atoms with van der Waals surface area (Å²) in [6.07, 6.45) is 0.308. The third-order valence-corrected chi connectivity index (χ3v) is 1.73. The Morgan fingerprint density at radius 2 is 1.73 bits per heavy atom. The standard InChI is InChI=1S/C9H21NO/c1-6-11-9(5)8(4)10-7(2)3/h7-10H,6H2,1-5H3. The predicted octanol–water partition coefficient (Wildman–Crippen LogP) is 1.80. The SMILES string of the molecule is CCOC(C)C(C)NC(C)C. The highest BCUT2D eigenvalue weighted by Gasteiger charge is 2.11. The molecule has 0 heterocycles. The second-order valence-electron chi connectivity index (χ2n) is 3.27. The van der Waals surface area contributed by atoms with E-state index in [1.54, 1.807) is 0 Å². The molecule has 2 nitrogen and oxygen atoms in total. The summed E-state index contributed by atoms with van der Waals surface area (Å²) in [5.74, 6) is 0. The van der Waals surface area contributed by atoms with E-state index in [-0.39, 0.29) is 0 Å². The van der Waals surface area contributed by atoms with Crippen LogP contribution < -0.4 is 5.32 Å². The van der Waals surface area contributed by atoms with E-state index >= 15 is 0 Å². The Morgan fingerprint density at radius 1 is 1.18 bits per heavy atom. The van der Waals surface area contributed by atoms with Crippen molar-refractivity contribution in [2.75, 3.05) is 6.61 Å². The van der Waals surface area contributed by atoms with Crippen molar-refractivity contribution in [3.05, 3.63) is 0 Å². The van der Waals surface area contributed by atoms with E-state index < -0.39 is 0 Å². The van der Waals surface area contributed by atoms with Crippen LogP contribution in [0.25, 0.3) is 0 Å². The predicted molar refractivity (Wildman–Crippen MR) is 48.8 cm³/mol. The van der Waals surface area contributed by atoms with Gasteiger partial charge in [-0.25, -0.2) is 0 Å². The Kier molecular flexibility index (Phi) is 5.51. The maximum atomic E-state index is 5.44. The topological polar surface area (TPSA) is 21.3 Å². The van der Waals surface area contributed by atoms with E-state index in [0.717, 1.165) is 6.61 Å². The summed E-state index contributed by atoms with van der Waals surface area (Å²) >= 11 is 0. The van der Waals surface area contributed by atoms with Crippen molar-refractivity contribution >= 4 is 0 Å². The molecule has 11 heavy (non-hydrogen) atoms. The van der Waals surface area contributed by atoms with E-state index in [9.17, 15) is 0 Å². The molecule has 0 aliphatic rings. The van der Waals surface area contributed by atoms with E-state index in [4.69, 9.17) is 4.74 Å². The maximum Gasteiger partial charge on any atom is 0.0697 e. The largest absolute Gasteiger partial charge is 0.377 e. The highest BCUT2D eigenvalue weighted by atomic mass is 16.5. The first kappa shape index (κ1) is 10.9. The molecule has 0 radical (unpaired) electrons. The summed E-state index contributed by atoms with van der Waals surface area (Å²) in [4.78, 5) is 0. The summed E-state index contributed by atoms with van der Waals surface area (Å²) < 4.78 is 5.44. The smallest absolute Gasteiger partial charge is 0.0697 e. The molecule has 0 spiro atoms. The molecule has 0 aliphatic carbocycles. The lowest BCUT2D eigenvalue weighted by Crippen LogP contribution is -2.41. The van der Waals surface area contributed by atoms with Crippen LogP contribution in [-0.4, -0.2) is 24.8 Å². The van der Waals surface area contributed by atoms with Crippen molar-refractivity contribution in [2.45, 2.75) is 52.8 Å². The molecular formula is C9H21NO. The monoisotopic (exact) mass is 159 g/mol. The van der Waals surface area contributed by atoms with E-state index in [0.29, 0.717) is 18.2 Å². The van der Waals surface area contributed by atoms with E-state index in [1.807, 2.05) is 6.92 Å². The molecule has 0 aromatic rings. The fraction of sp³-hybridized carbons (Fsp3) is 1.00. The van der Waals surface area contributed by atoms with Crippen LogP contribution in [0.4, 0.5) is 0 Å².